The number of carbonyl (C=O) groups is 1. The molecular weight excluding hydrogens is 394 g/mol. The molecule has 0 aliphatic carbocycles. The second-order valence-corrected chi connectivity index (χ2v) is 7.26. The van der Waals surface area contributed by atoms with E-state index in [1.807, 2.05) is 42.5 Å². The zero-order valence-electron chi connectivity index (χ0n) is 18.3. The monoisotopic (exact) mass is 425 g/mol. The first-order valence-electron chi connectivity index (χ1n) is 10.7. The van der Waals surface area contributed by atoms with E-state index in [1.54, 1.807) is 7.11 Å². The molecule has 0 atom stereocenters. The van der Waals surface area contributed by atoms with Gasteiger partial charge in [0, 0.05) is 26.6 Å². The van der Waals surface area contributed by atoms with Crippen molar-refractivity contribution in [3.8, 4) is 11.5 Å². The van der Waals surface area contributed by atoms with E-state index in [9.17, 15) is 4.79 Å². The summed E-state index contributed by atoms with van der Waals surface area (Å²) in [5.74, 6) is 2.48. The van der Waals surface area contributed by atoms with Gasteiger partial charge in [-0.3, -0.25) is 4.79 Å². The number of benzene rings is 2. The molecule has 0 aliphatic heterocycles. The number of para-hydroxylation sites is 4. The van der Waals surface area contributed by atoms with E-state index in [-0.39, 0.29) is 12.5 Å². The number of rotatable bonds is 13. The standard InChI is InChI=1S/C24H31N3O4/c1-29-18-24(28)25-15-9-14-23-26-19-10-3-4-11-20(19)27(23)16-7-8-17-31-22-13-6-5-12-21(22)30-2/h3-6,10-13H,7-9,14-18H2,1-2H3,(H,25,28). The van der Waals surface area contributed by atoms with Crippen molar-refractivity contribution in [3.05, 3.63) is 54.4 Å². The fraction of sp³-hybridized carbons (Fsp3) is 0.417. The van der Waals surface area contributed by atoms with Gasteiger partial charge in [-0.05, 0) is 43.5 Å². The Bertz CT molecular complexity index is 970. The molecule has 0 bridgehead atoms. The molecule has 0 saturated carbocycles. The molecule has 7 heteroatoms. The van der Waals surface area contributed by atoms with Crippen LogP contribution >= 0.6 is 0 Å². The van der Waals surface area contributed by atoms with Crippen LogP contribution in [0.2, 0.25) is 0 Å². The fourth-order valence-corrected chi connectivity index (χ4v) is 3.51. The van der Waals surface area contributed by atoms with Crippen molar-refractivity contribution >= 4 is 16.9 Å². The van der Waals surface area contributed by atoms with E-state index in [0.717, 1.165) is 60.6 Å². The molecule has 166 valence electrons. The van der Waals surface area contributed by atoms with Crippen LogP contribution in [0.1, 0.15) is 25.1 Å². The summed E-state index contributed by atoms with van der Waals surface area (Å²) < 4.78 is 18.3. The summed E-state index contributed by atoms with van der Waals surface area (Å²) in [7, 11) is 3.17. The number of imidazole rings is 1. The Kier molecular flexibility index (Phi) is 8.72. The number of nitrogens with one attached hydrogen (secondary N) is 1. The van der Waals surface area contributed by atoms with E-state index in [4.69, 9.17) is 19.2 Å². The third kappa shape index (κ3) is 6.46. The number of ether oxygens (including phenoxy) is 3. The number of unbranched alkanes of at least 4 members (excludes halogenated alkanes) is 1. The van der Waals surface area contributed by atoms with Crippen molar-refractivity contribution in [1.82, 2.24) is 14.9 Å². The van der Waals surface area contributed by atoms with Gasteiger partial charge in [-0.15, -0.1) is 0 Å². The summed E-state index contributed by atoms with van der Waals surface area (Å²) >= 11 is 0. The van der Waals surface area contributed by atoms with E-state index in [1.165, 1.54) is 7.11 Å². The summed E-state index contributed by atoms with van der Waals surface area (Å²) in [6.07, 6.45) is 3.54. The molecule has 0 aliphatic rings. The van der Waals surface area contributed by atoms with E-state index in [2.05, 4.69) is 16.0 Å². The lowest BCUT2D eigenvalue weighted by atomic mass is 10.2. The minimum Gasteiger partial charge on any atom is -0.493 e. The lowest BCUT2D eigenvalue weighted by Crippen LogP contribution is -2.28. The van der Waals surface area contributed by atoms with Crippen LogP contribution < -0.4 is 14.8 Å². The summed E-state index contributed by atoms with van der Waals surface area (Å²) in [6.45, 7) is 2.21. The van der Waals surface area contributed by atoms with Crippen LogP contribution in [0.25, 0.3) is 11.0 Å². The highest BCUT2D eigenvalue weighted by Gasteiger charge is 2.10. The van der Waals surface area contributed by atoms with Crippen molar-refractivity contribution in [3.63, 3.8) is 0 Å². The van der Waals surface area contributed by atoms with Gasteiger partial charge in [-0.25, -0.2) is 4.98 Å². The molecule has 1 N–H and O–H groups in total. The number of carbonyl (C=O) groups excluding carboxylic acids is 1. The Morgan fingerprint density at radius 1 is 1.00 bits per heavy atom. The van der Waals surface area contributed by atoms with Crippen LogP contribution in [0.15, 0.2) is 48.5 Å². The van der Waals surface area contributed by atoms with Gasteiger partial charge in [0.1, 0.15) is 12.4 Å². The maximum Gasteiger partial charge on any atom is 0.245 e. The lowest BCUT2D eigenvalue weighted by molar-refractivity contribution is -0.124. The Morgan fingerprint density at radius 2 is 1.77 bits per heavy atom. The van der Waals surface area contributed by atoms with Gasteiger partial charge in [0.2, 0.25) is 5.91 Å². The second kappa shape index (κ2) is 12.0. The second-order valence-electron chi connectivity index (χ2n) is 7.26. The van der Waals surface area contributed by atoms with E-state index >= 15 is 0 Å². The van der Waals surface area contributed by atoms with E-state index < -0.39 is 0 Å². The molecule has 1 heterocycles. The number of amides is 1. The highest BCUT2D eigenvalue weighted by Crippen LogP contribution is 2.26. The summed E-state index contributed by atoms with van der Waals surface area (Å²) in [5, 5.41) is 2.86. The van der Waals surface area contributed by atoms with Gasteiger partial charge in [0.15, 0.2) is 11.5 Å². The molecular formula is C24H31N3O4. The van der Waals surface area contributed by atoms with Crippen molar-refractivity contribution in [1.29, 1.82) is 0 Å². The van der Waals surface area contributed by atoms with Crippen LogP contribution in [0.4, 0.5) is 0 Å². The molecule has 0 spiro atoms. The van der Waals surface area contributed by atoms with Gasteiger partial charge in [-0.1, -0.05) is 24.3 Å². The Morgan fingerprint density at radius 3 is 2.58 bits per heavy atom. The highest BCUT2D eigenvalue weighted by atomic mass is 16.5. The molecule has 0 radical (unpaired) electrons. The summed E-state index contributed by atoms with van der Waals surface area (Å²) in [5.41, 5.74) is 2.15. The predicted octanol–water partition coefficient (Wildman–Crippen LogP) is 3.60. The molecule has 3 aromatic rings. The molecule has 3 rings (SSSR count). The maximum absolute atomic E-state index is 11.5. The van der Waals surface area contributed by atoms with Gasteiger partial charge in [0.25, 0.3) is 0 Å². The van der Waals surface area contributed by atoms with Crippen LogP contribution in [0, 0.1) is 0 Å². The Labute approximate surface area is 183 Å². The minimum atomic E-state index is -0.0916. The predicted molar refractivity (Wildman–Crippen MR) is 121 cm³/mol. The summed E-state index contributed by atoms with van der Waals surface area (Å²) in [6, 6.07) is 15.9. The third-order valence-corrected chi connectivity index (χ3v) is 5.01. The van der Waals surface area contributed by atoms with Gasteiger partial charge < -0.3 is 24.1 Å². The Hall–Kier alpha value is -3.06. The molecule has 1 aromatic heterocycles. The number of aromatic nitrogens is 2. The molecule has 7 nitrogen and oxygen atoms in total. The summed E-state index contributed by atoms with van der Waals surface area (Å²) in [4.78, 5) is 16.3. The SMILES string of the molecule is COCC(=O)NCCCc1nc2ccccc2n1CCCCOc1ccccc1OC. The van der Waals surface area contributed by atoms with Crippen LogP contribution in [-0.4, -0.2) is 49.4 Å². The smallest absolute Gasteiger partial charge is 0.245 e. The zero-order valence-corrected chi connectivity index (χ0v) is 18.3. The maximum atomic E-state index is 11.5. The molecule has 31 heavy (non-hydrogen) atoms. The molecule has 1 amide bonds. The first-order valence-corrected chi connectivity index (χ1v) is 10.7. The van der Waals surface area contributed by atoms with Gasteiger partial charge >= 0.3 is 0 Å². The van der Waals surface area contributed by atoms with Crippen LogP contribution in [0.3, 0.4) is 0 Å². The number of methoxy groups -OCH3 is 2. The molecule has 2 aromatic carbocycles. The minimum absolute atomic E-state index is 0.0916. The largest absolute Gasteiger partial charge is 0.493 e. The first kappa shape index (κ1) is 22.6. The lowest BCUT2D eigenvalue weighted by Gasteiger charge is -2.12. The highest BCUT2D eigenvalue weighted by molar-refractivity contribution is 5.77. The van der Waals surface area contributed by atoms with Crippen molar-refractivity contribution in [2.75, 3.05) is 34.0 Å². The number of aryl methyl sites for hydroxylation is 2. The first-order chi connectivity index (χ1) is 15.2. The van der Waals surface area contributed by atoms with Gasteiger partial charge in [0.05, 0.1) is 24.8 Å². The van der Waals surface area contributed by atoms with Crippen LogP contribution in [-0.2, 0) is 22.5 Å². The van der Waals surface area contributed by atoms with Crippen molar-refractivity contribution in [2.24, 2.45) is 0 Å². The Balaban J connectivity index is 1.52. The molecule has 0 unspecified atom stereocenters. The topological polar surface area (TPSA) is 74.6 Å². The van der Waals surface area contributed by atoms with Crippen LogP contribution in [0.5, 0.6) is 11.5 Å². The number of hydrogen-bond acceptors (Lipinski definition) is 5. The van der Waals surface area contributed by atoms with E-state index in [0.29, 0.717) is 13.2 Å². The number of nitrogens with zero attached hydrogens (tertiary/aromatic N) is 2. The van der Waals surface area contributed by atoms with Crippen molar-refractivity contribution < 1.29 is 19.0 Å². The van der Waals surface area contributed by atoms with Crippen molar-refractivity contribution in [2.45, 2.75) is 32.2 Å². The molecule has 0 fully saturated rings. The number of fused-ring (bicyclic) bond motifs is 1. The average Bonchev–Trinajstić information content (AvgIpc) is 3.14. The third-order valence-electron chi connectivity index (χ3n) is 5.01. The molecule has 0 saturated heterocycles. The normalized spacial score (nSPS) is 10.9. The van der Waals surface area contributed by atoms with Gasteiger partial charge in [-0.2, -0.15) is 0 Å². The number of hydrogen-bond donors (Lipinski definition) is 1. The average molecular weight is 426 g/mol. The fourth-order valence-electron chi connectivity index (χ4n) is 3.51. The zero-order chi connectivity index (χ0) is 21.9. The quantitative estimate of drug-likeness (QED) is 0.424.